The summed E-state index contributed by atoms with van der Waals surface area (Å²) in [4.78, 5) is 12.1. The second-order valence-corrected chi connectivity index (χ2v) is 6.13. The highest BCUT2D eigenvalue weighted by atomic mass is 19.3. The summed E-state index contributed by atoms with van der Waals surface area (Å²) in [6.07, 6.45) is -2.16. The first-order valence-electron chi connectivity index (χ1n) is 7.95. The summed E-state index contributed by atoms with van der Waals surface area (Å²) in [7, 11) is 1.57. The summed E-state index contributed by atoms with van der Waals surface area (Å²) >= 11 is 0. The van der Waals surface area contributed by atoms with Crippen LogP contribution in [0.3, 0.4) is 0 Å². The van der Waals surface area contributed by atoms with Gasteiger partial charge in [0, 0.05) is 0 Å². The Morgan fingerprint density at radius 2 is 1.75 bits per heavy atom. The van der Waals surface area contributed by atoms with E-state index >= 15 is 0 Å². The normalized spacial score (nSPS) is 12.6. The number of methoxy groups -OCH3 is 1. The summed E-state index contributed by atoms with van der Waals surface area (Å²) in [5.41, 5.74) is 0.261. The molecule has 1 atom stereocenters. The summed E-state index contributed by atoms with van der Waals surface area (Å²) in [6, 6.07) is 10.2. The van der Waals surface area contributed by atoms with E-state index in [1.165, 1.54) is 0 Å². The average molecular weight is 336 g/mol. The molecule has 2 aromatic carbocycles. The molecule has 0 aliphatic rings. The molecule has 0 saturated carbocycles. The highest BCUT2D eigenvalue weighted by Crippen LogP contribution is 2.29. The van der Waals surface area contributed by atoms with Crippen molar-refractivity contribution in [3.8, 4) is 5.75 Å². The third-order valence-corrected chi connectivity index (χ3v) is 3.88. The number of ether oxygens (including phenoxy) is 2. The fourth-order valence-corrected chi connectivity index (χ4v) is 2.43. The maximum Gasteiger partial charge on any atom is 0.319 e. The van der Waals surface area contributed by atoms with Gasteiger partial charge < -0.3 is 9.47 Å². The maximum atomic E-state index is 13.4. The molecule has 0 amide bonds. The van der Waals surface area contributed by atoms with Gasteiger partial charge >= 0.3 is 5.97 Å². The van der Waals surface area contributed by atoms with Crippen molar-refractivity contribution in [2.75, 3.05) is 13.7 Å². The van der Waals surface area contributed by atoms with Gasteiger partial charge in [-0.3, -0.25) is 4.79 Å². The van der Waals surface area contributed by atoms with E-state index in [0.717, 1.165) is 10.8 Å². The second-order valence-electron chi connectivity index (χ2n) is 6.13. The minimum Gasteiger partial charge on any atom is -0.497 e. The van der Waals surface area contributed by atoms with Gasteiger partial charge in [-0.05, 0) is 40.8 Å². The van der Waals surface area contributed by atoms with E-state index < -0.39 is 18.3 Å². The Bertz CT molecular complexity index is 698. The van der Waals surface area contributed by atoms with Gasteiger partial charge in [0.15, 0.2) is 0 Å². The SMILES string of the molecule is COc1ccc2cc(C(C(=O)OCCC(C)C)C(F)F)ccc2c1. The zero-order valence-corrected chi connectivity index (χ0v) is 14.1. The summed E-state index contributed by atoms with van der Waals surface area (Å²) < 4.78 is 37.0. The van der Waals surface area contributed by atoms with Crippen molar-refractivity contribution in [2.45, 2.75) is 32.6 Å². The van der Waals surface area contributed by atoms with Crippen molar-refractivity contribution >= 4 is 16.7 Å². The van der Waals surface area contributed by atoms with Gasteiger partial charge in [-0.15, -0.1) is 0 Å². The van der Waals surface area contributed by atoms with Crippen molar-refractivity contribution in [1.29, 1.82) is 0 Å². The van der Waals surface area contributed by atoms with Gasteiger partial charge in [0.05, 0.1) is 13.7 Å². The fourth-order valence-electron chi connectivity index (χ4n) is 2.43. The second kappa shape index (κ2) is 8.08. The highest BCUT2D eigenvalue weighted by molar-refractivity contribution is 5.87. The number of benzene rings is 2. The van der Waals surface area contributed by atoms with Gasteiger partial charge in [-0.25, -0.2) is 8.78 Å². The van der Waals surface area contributed by atoms with Crippen LogP contribution in [0.1, 0.15) is 31.7 Å². The van der Waals surface area contributed by atoms with Gasteiger partial charge in [0.25, 0.3) is 6.43 Å². The molecule has 5 heteroatoms. The Labute approximate surface area is 140 Å². The Morgan fingerprint density at radius 1 is 1.08 bits per heavy atom. The lowest BCUT2D eigenvalue weighted by Crippen LogP contribution is -2.23. The van der Waals surface area contributed by atoms with Gasteiger partial charge in [-0.2, -0.15) is 0 Å². The third-order valence-electron chi connectivity index (χ3n) is 3.88. The number of fused-ring (bicyclic) bond motifs is 1. The quantitative estimate of drug-likeness (QED) is 0.682. The van der Waals surface area contributed by atoms with Crippen LogP contribution in [0.4, 0.5) is 8.78 Å². The lowest BCUT2D eigenvalue weighted by atomic mass is 9.96. The molecule has 24 heavy (non-hydrogen) atoms. The van der Waals surface area contributed by atoms with E-state index in [0.29, 0.717) is 18.1 Å². The van der Waals surface area contributed by atoms with Crippen LogP contribution in [0.15, 0.2) is 36.4 Å². The molecule has 2 aromatic rings. The Morgan fingerprint density at radius 3 is 2.38 bits per heavy atom. The minimum absolute atomic E-state index is 0.157. The number of hydrogen-bond donors (Lipinski definition) is 0. The van der Waals surface area contributed by atoms with E-state index in [2.05, 4.69) is 0 Å². The molecular formula is C19H22F2O3. The average Bonchev–Trinajstić information content (AvgIpc) is 2.53. The van der Waals surface area contributed by atoms with Crippen molar-refractivity contribution in [3.63, 3.8) is 0 Å². The molecule has 0 heterocycles. The largest absolute Gasteiger partial charge is 0.497 e. The van der Waals surface area contributed by atoms with Crippen LogP contribution < -0.4 is 4.74 Å². The summed E-state index contributed by atoms with van der Waals surface area (Å²) in [6.45, 7) is 4.12. The smallest absolute Gasteiger partial charge is 0.319 e. The van der Waals surface area contributed by atoms with Crippen molar-refractivity contribution in [3.05, 3.63) is 42.0 Å². The molecule has 1 unspecified atom stereocenters. The Balaban J connectivity index is 2.24. The van der Waals surface area contributed by atoms with Crippen molar-refractivity contribution < 1.29 is 23.0 Å². The number of carbonyl (C=O) groups excluding carboxylic acids is 1. The molecule has 3 nitrogen and oxygen atoms in total. The van der Waals surface area contributed by atoms with E-state index in [4.69, 9.17) is 9.47 Å². The molecule has 0 N–H and O–H groups in total. The predicted octanol–water partition coefficient (Wildman–Crippen LogP) is 4.79. The van der Waals surface area contributed by atoms with Gasteiger partial charge in [-0.1, -0.05) is 38.1 Å². The van der Waals surface area contributed by atoms with Crippen LogP contribution in [-0.4, -0.2) is 26.1 Å². The van der Waals surface area contributed by atoms with Crippen LogP contribution in [0.5, 0.6) is 5.75 Å². The van der Waals surface area contributed by atoms with Crippen LogP contribution in [0.25, 0.3) is 10.8 Å². The molecule has 0 spiro atoms. The lowest BCUT2D eigenvalue weighted by Gasteiger charge is -2.17. The molecule has 0 radical (unpaired) electrons. The fraction of sp³-hybridized carbons (Fsp3) is 0.421. The first kappa shape index (κ1) is 18.2. The van der Waals surface area contributed by atoms with Crippen LogP contribution >= 0.6 is 0 Å². The third kappa shape index (κ3) is 4.43. The molecule has 130 valence electrons. The lowest BCUT2D eigenvalue weighted by molar-refractivity contribution is -0.149. The number of halogens is 2. The van der Waals surface area contributed by atoms with Crippen LogP contribution in [0, 0.1) is 5.92 Å². The molecular weight excluding hydrogens is 314 g/mol. The van der Waals surface area contributed by atoms with E-state index in [1.54, 1.807) is 37.4 Å². The van der Waals surface area contributed by atoms with Crippen molar-refractivity contribution in [2.24, 2.45) is 5.92 Å². The Kier molecular flexibility index (Phi) is 6.12. The van der Waals surface area contributed by atoms with Crippen LogP contribution in [-0.2, 0) is 9.53 Å². The molecule has 0 fully saturated rings. The van der Waals surface area contributed by atoms with E-state index in [9.17, 15) is 13.6 Å². The van der Waals surface area contributed by atoms with Crippen LogP contribution in [0.2, 0.25) is 0 Å². The van der Waals surface area contributed by atoms with E-state index in [-0.39, 0.29) is 12.2 Å². The molecule has 0 aromatic heterocycles. The number of hydrogen-bond acceptors (Lipinski definition) is 3. The van der Waals surface area contributed by atoms with Gasteiger partial charge in [0.2, 0.25) is 0 Å². The number of rotatable bonds is 7. The number of carbonyl (C=O) groups is 1. The first-order valence-corrected chi connectivity index (χ1v) is 7.95. The number of alkyl halides is 2. The zero-order chi connectivity index (χ0) is 17.7. The molecule has 0 saturated heterocycles. The van der Waals surface area contributed by atoms with Gasteiger partial charge in [0.1, 0.15) is 11.7 Å². The molecule has 0 aliphatic carbocycles. The monoisotopic (exact) mass is 336 g/mol. The molecule has 0 bridgehead atoms. The maximum absolute atomic E-state index is 13.4. The minimum atomic E-state index is -2.81. The predicted molar refractivity (Wildman–Crippen MR) is 89.7 cm³/mol. The molecule has 0 aliphatic heterocycles. The summed E-state index contributed by atoms with van der Waals surface area (Å²) in [5.74, 6) is -1.41. The first-order chi connectivity index (χ1) is 11.4. The van der Waals surface area contributed by atoms with E-state index in [1.807, 2.05) is 19.9 Å². The standard InChI is InChI=1S/C19H22F2O3/c1-12(2)8-9-24-19(22)17(18(20)21)15-5-4-14-11-16(23-3)7-6-13(14)10-15/h4-7,10-12,17-18H,8-9H2,1-3H3. The molecule has 2 rings (SSSR count). The topological polar surface area (TPSA) is 35.5 Å². The zero-order valence-electron chi connectivity index (χ0n) is 14.1. The number of esters is 1. The summed E-state index contributed by atoms with van der Waals surface area (Å²) in [5, 5.41) is 1.63. The Hall–Kier alpha value is -2.17. The van der Waals surface area contributed by atoms with Crippen molar-refractivity contribution in [1.82, 2.24) is 0 Å². The highest BCUT2D eigenvalue weighted by Gasteiger charge is 2.31.